The lowest BCUT2D eigenvalue weighted by molar-refractivity contribution is 0.103. The third kappa shape index (κ3) is 2.92. The first-order chi connectivity index (χ1) is 9.88. The van der Waals surface area contributed by atoms with Gasteiger partial charge in [0.25, 0.3) is 0 Å². The van der Waals surface area contributed by atoms with Crippen LogP contribution in [0.4, 0.5) is 5.69 Å². The van der Waals surface area contributed by atoms with Gasteiger partial charge in [0.15, 0.2) is 11.5 Å². The topological polar surface area (TPSA) is 52.3 Å². The number of nitrogen functional groups attached to an aromatic ring is 1. The minimum absolute atomic E-state index is 0.0105. The van der Waals surface area contributed by atoms with Gasteiger partial charge >= 0.3 is 0 Å². The van der Waals surface area contributed by atoms with E-state index in [1.54, 1.807) is 18.2 Å². The highest BCUT2D eigenvalue weighted by Crippen LogP contribution is 2.40. The van der Waals surface area contributed by atoms with E-state index >= 15 is 0 Å². The molecule has 0 atom stereocenters. The van der Waals surface area contributed by atoms with Crippen LogP contribution in [-0.4, -0.2) is 12.9 Å². The van der Waals surface area contributed by atoms with Gasteiger partial charge in [-0.3, -0.25) is 4.79 Å². The molecule has 2 N–H and O–H groups in total. The van der Waals surface area contributed by atoms with Crippen molar-refractivity contribution in [1.82, 2.24) is 0 Å². The molecule has 3 nitrogen and oxygen atoms in total. The van der Waals surface area contributed by atoms with E-state index in [1.807, 2.05) is 0 Å². The number of nitrogens with two attached hydrogens (primary N) is 1. The Kier molecular flexibility index (Phi) is 4.89. The number of benzene rings is 2. The number of ketones is 1. The molecule has 0 saturated heterocycles. The highest BCUT2D eigenvalue weighted by molar-refractivity contribution is 6.51. The molecule has 0 aromatic heterocycles. The molecule has 0 saturated carbocycles. The minimum atomic E-state index is -0.451. The van der Waals surface area contributed by atoms with E-state index in [9.17, 15) is 4.79 Å². The van der Waals surface area contributed by atoms with Gasteiger partial charge in [0, 0.05) is 0 Å². The summed E-state index contributed by atoms with van der Waals surface area (Å²) in [6.45, 7) is 0. The van der Waals surface area contributed by atoms with Crippen LogP contribution in [0.3, 0.4) is 0 Å². The van der Waals surface area contributed by atoms with Crippen LogP contribution in [0, 0.1) is 0 Å². The third-order valence-corrected chi connectivity index (χ3v) is 4.40. The second-order valence-electron chi connectivity index (χ2n) is 4.10. The molecule has 110 valence electrons. The molecule has 0 aliphatic rings. The van der Waals surface area contributed by atoms with Gasteiger partial charge in [-0.05, 0) is 18.2 Å². The molecule has 0 heterocycles. The Morgan fingerprint density at radius 2 is 1.76 bits per heavy atom. The summed E-state index contributed by atoms with van der Waals surface area (Å²) in [6.07, 6.45) is 0. The Bertz CT molecular complexity index is 731. The normalized spacial score (nSPS) is 10.5. The Labute approximate surface area is 141 Å². The SMILES string of the molecule is COc1c(N)cccc1C(=O)c1c(Cl)cc(Cl)c(Cl)c1Cl. The van der Waals surface area contributed by atoms with E-state index in [-0.39, 0.29) is 37.0 Å². The standard InChI is InChI=1S/C14H9Cl4NO2/c1-21-14-6(3-2-4-9(14)19)13(20)10-7(15)5-8(16)11(17)12(10)18/h2-5H,19H2,1H3. The summed E-state index contributed by atoms with van der Waals surface area (Å²) in [7, 11) is 1.42. The monoisotopic (exact) mass is 363 g/mol. The number of ether oxygens (including phenoxy) is 1. The maximum atomic E-state index is 12.7. The number of hydrogen-bond donors (Lipinski definition) is 1. The van der Waals surface area contributed by atoms with E-state index in [0.717, 1.165) is 0 Å². The zero-order chi connectivity index (χ0) is 15.7. The number of hydrogen-bond acceptors (Lipinski definition) is 3. The maximum absolute atomic E-state index is 12.7. The van der Waals surface area contributed by atoms with E-state index in [4.69, 9.17) is 56.9 Å². The van der Waals surface area contributed by atoms with Crippen molar-refractivity contribution in [2.24, 2.45) is 0 Å². The predicted octanol–water partition coefficient (Wildman–Crippen LogP) is 5.12. The van der Waals surface area contributed by atoms with Crippen molar-refractivity contribution in [3.8, 4) is 5.75 Å². The summed E-state index contributed by atoms with van der Waals surface area (Å²) < 4.78 is 5.16. The summed E-state index contributed by atoms with van der Waals surface area (Å²) in [4.78, 5) is 12.7. The molecule has 21 heavy (non-hydrogen) atoms. The molecule has 2 rings (SSSR count). The van der Waals surface area contributed by atoms with Gasteiger partial charge in [-0.25, -0.2) is 0 Å². The second-order valence-corrected chi connectivity index (χ2v) is 5.67. The van der Waals surface area contributed by atoms with Crippen LogP contribution in [0.25, 0.3) is 0 Å². The van der Waals surface area contributed by atoms with Gasteiger partial charge in [-0.15, -0.1) is 0 Å². The average molecular weight is 365 g/mol. The van der Waals surface area contributed by atoms with Crippen LogP contribution in [0.2, 0.25) is 20.1 Å². The first kappa shape index (κ1) is 16.2. The van der Waals surface area contributed by atoms with Gasteiger partial charge in [-0.1, -0.05) is 52.5 Å². The minimum Gasteiger partial charge on any atom is -0.494 e. The largest absolute Gasteiger partial charge is 0.494 e. The maximum Gasteiger partial charge on any atom is 0.199 e. The molecule has 0 aliphatic carbocycles. The number of carbonyl (C=O) groups is 1. The molecule has 0 unspecified atom stereocenters. The first-order valence-corrected chi connectivity index (χ1v) is 7.19. The molecular weight excluding hydrogens is 356 g/mol. The predicted molar refractivity (Wildman–Crippen MR) is 87.3 cm³/mol. The fraction of sp³-hybridized carbons (Fsp3) is 0.0714. The number of halogens is 4. The summed E-state index contributed by atoms with van der Waals surface area (Å²) in [6, 6.07) is 6.17. The van der Waals surface area contributed by atoms with Crippen LogP contribution in [0.15, 0.2) is 24.3 Å². The molecule has 7 heteroatoms. The number of anilines is 1. The summed E-state index contributed by atoms with van der Waals surface area (Å²) in [5, 5.41) is 0.323. The fourth-order valence-electron chi connectivity index (χ4n) is 1.87. The lowest BCUT2D eigenvalue weighted by Gasteiger charge is -2.13. The molecule has 0 fully saturated rings. The quantitative estimate of drug-likeness (QED) is 0.356. The van der Waals surface area contributed by atoms with Crippen LogP contribution in [0.1, 0.15) is 15.9 Å². The molecule has 0 bridgehead atoms. The lowest BCUT2D eigenvalue weighted by Crippen LogP contribution is -2.07. The summed E-state index contributed by atoms with van der Waals surface area (Å²) >= 11 is 24.0. The lowest BCUT2D eigenvalue weighted by atomic mass is 10.0. The second kappa shape index (κ2) is 6.32. The van der Waals surface area contributed by atoms with Crippen LogP contribution < -0.4 is 10.5 Å². The smallest absolute Gasteiger partial charge is 0.199 e. The molecule has 0 radical (unpaired) electrons. The molecule has 2 aromatic rings. The highest BCUT2D eigenvalue weighted by Gasteiger charge is 2.24. The van der Waals surface area contributed by atoms with Gasteiger partial charge in [0.2, 0.25) is 0 Å². The summed E-state index contributed by atoms with van der Waals surface area (Å²) in [5.41, 5.74) is 6.41. The van der Waals surface area contributed by atoms with E-state index in [2.05, 4.69) is 0 Å². The Hall–Kier alpha value is -1.13. The zero-order valence-electron chi connectivity index (χ0n) is 10.7. The van der Waals surface area contributed by atoms with E-state index < -0.39 is 5.78 Å². The van der Waals surface area contributed by atoms with Crippen molar-refractivity contribution in [3.63, 3.8) is 0 Å². The number of rotatable bonds is 3. The van der Waals surface area contributed by atoms with Crippen molar-refractivity contribution >= 4 is 57.9 Å². The van der Waals surface area contributed by atoms with Gasteiger partial charge in [-0.2, -0.15) is 0 Å². The average Bonchev–Trinajstić information content (AvgIpc) is 2.44. The number of para-hydroxylation sites is 1. The first-order valence-electron chi connectivity index (χ1n) is 5.68. The Morgan fingerprint density at radius 1 is 1.10 bits per heavy atom. The van der Waals surface area contributed by atoms with Crippen molar-refractivity contribution in [2.75, 3.05) is 12.8 Å². The van der Waals surface area contributed by atoms with Crippen molar-refractivity contribution in [2.45, 2.75) is 0 Å². The zero-order valence-corrected chi connectivity index (χ0v) is 13.7. The van der Waals surface area contributed by atoms with Crippen molar-refractivity contribution < 1.29 is 9.53 Å². The van der Waals surface area contributed by atoms with E-state index in [0.29, 0.717) is 5.69 Å². The van der Waals surface area contributed by atoms with Crippen LogP contribution in [0.5, 0.6) is 5.75 Å². The fourth-order valence-corrected chi connectivity index (χ4v) is 2.95. The Morgan fingerprint density at radius 3 is 2.38 bits per heavy atom. The molecule has 0 aliphatic heterocycles. The van der Waals surface area contributed by atoms with Gasteiger partial charge in [0.1, 0.15) is 0 Å². The number of carbonyl (C=O) groups excluding carboxylic acids is 1. The van der Waals surface area contributed by atoms with Crippen LogP contribution in [-0.2, 0) is 0 Å². The summed E-state index contributed by atoms with van der Waals surface area (Å²) in [5.74, 6) is -0.201. The molecule has 0 amide bonds. The van der Waals surface area contributed by atoms with Crippen molar-refractivity contribution in [3.05, 3.63) is 55.5 Å². The highest BCUT2D eigenvalue weighted by atomic mass is 35.5. The van der Waals surface area contributed by atoms with Gasteiger partial charge < -0.3 is 10.5 Å². The molecular formula is C14H9Cl4NO2. The Balaban J connectivity index is 2.67. The molecule has 0 spiro atoms. The van der Waals surface area contributed by atoms with E-state index in [1.165, 1.54) is 13.2 Å². The van der Waals surface area contributed by atoms with Crippen LogP contribution >= 0.6 is 46.4 Å². The third-order valence-electron chi connectivity index (χ3n) is 2.84. The van der Waals surface area contributed by atoms with Gasteiger partial charge in [0.05, 0.1) is 44.0 Å². The molecule has 2 aromatic carbocycles. The number of methoxy groups -OCH3 is 1. The van der Waals surface area contributed by atoms with Crippen molar-refractivity contribution in [1.29, 1.82) is 0 Å².